The summed E-state index contributed by atoms with van der Waals surface area (Å²) in [4.78, 5) is 0. The van der Waals surface area contributed by atoms with E-state index in [2.05, 4.69) is 26.3 Å². The van der Waals surface area contributed by atoms with Crippen molar-refractivity contribution in [1.29, 1.82) is 0 Å². The Hall–Kier alpha value is -1.33. The molecule has 96 valence electrons. The van der Waals surface area contributed by atoms with E-state index in [-0.39, 0.29) is 0 Å². The van der Waals surface area contributed by atoms with Gasteiger partial charge in [0.05, 0.1) is 6.20 Å². The molecule has 0 amide bonds. The molecule has 4 nitrogen and oxygen atoms in total. The van der Waals surface area contributed by atoms with Crippen LogP contribution in [0, 0.1) is 0 Å². The molecule has 0 fully saturated rings. The van der Waals surface area contributed by atoms with Gasteiger partial charge in [-0.15, -0.1) is 0 Å². The molecule has 2 aromatic rings. The number of nitrogens with zero attached hydrogens (tertiary/aromatic N) is 2. The predicted octanol–water partition coefficient (Wildman–Crippen LogP) is 2.48. The Kier molecular flexibility index (Phi) is 4.38. The van der Waals surface area contributed by atoms with Gasteiger partial charge in [-0.3, -0.25) is 4.68 Å². The molecular formula is C13H16BrN3O. The van der Waals surface area contributed by atoms with E-state index in [0.717, 1.165) is 22.3 Å². The van der Waals surface area contributed by atoms with Crippen molar-refractivity contribution in [3.63, 3.8) is 0 Å². The van der Waals surface area contributed by atoms with E-state index >= 15 is 0 Å². The average Bonchev–Trinajstić information content (AvgIpc) is 2.76. The molecule has 1 heterocycles. The van der Waals surface area contributed by atoms with Crippen molar-refractivity contribution in [3.8, 4) is 5.75 Å². The van der Waals surface area contributed by atoms with Gasteiger partial charge < -0.3 is 10.1 Å². The summed E-state index contributed by atoms with van der Waals surface area (Å²) in [5.41, 5.74) is 2.25. The Morgan fingerprint density at radius 3 is 2.94 bits per heavy atom. The van der Waals surface area contributed by atoms with Crippen molar-refractivity contribution in [2.24, 2.45) is 7.05 Å². The maximum Gasteiger partial charge on any atom is 0.120 e. The van der Waals surface area contributed by atoms with Crippen LogP contribution in [-0.4, -0.2) is 16.8 Å². The number of halogens is 1. The van der Waals surface area contributed by atoms with Gasteiger partial charge in [0.15, 0.2) is 0 Å². The highest BCUT2D eigenvalue weighted by Gasteiger charge is 2.03. The molecule has 0 bridgehead atoms. The minimum Gasteiger partial charge on any atom is -0.489 e. The Bertz CT molecular complexity index is 525. The lowest BCUT2D eigenvalue weighted by molar-refractivity contribution is 0.305. The van der Waals surface area contributed by atoms with Gasteiger partial charge in [0, 0.05) is 29.8 Å². The lowest BCUT2D eigenvalue weighted by Gasteiger charge is -2.08. The van der Waals surface area contributed by atoms with Crippen LogP contribution in [0.5, 0.6) is 5.75 Å². The predicted molar refractivity (Wildman–Crippen MR) is 74.4 cm³/mol. The summed E-state index contributed by atoms with van der Waals surface area (Å²) in [7, 11) is 3.82. The summed E-state index contributed by atoms with van der Waals surface area (Å²) >= 11 is 3.52. The molecular weight excluding hydrogens is 294 g/mol. The van der Waals surface area contributed by atoms with E-state index < -0.39 is 0 Å². The molecule has 18 heavy (non-hydrogen) atoms. The first-order valence-electron chi connectivity index (χ1n) is 5.72. The molecule has 0 aliphatic rings. The standard InChI is InChI=1S/C13H16BrN3O/c1-15-7-11-5-12(3-4-13(11)14)18-9-10-6-16-17(2)8-10/h3-6,8,15H,7,9H2,1-2H3. The van der Waals surface area contributed by atoms with Gasteiger partial charge in [0.25, 0.3) is 0 Å². The van der Waals surface area contributed by atoms with Crippen molar-refractivity contribution in [3.05, 3.63) is 46.2 Å². The number of aromatic nitrogens is 2. The first-order chi connectivity index (χ1) is 8.69. The average molecular weight is 310 g/mol. The highest BCUT2D eigenvalue weighted by molar-refractivity contribution is 9.10. The minimum absolute atomic E-state index is 0.536. The monoisotopic (exact) mass is 309 g/mol. The van der Waals surface area contributed by atoms with Gasteiger partial charge in [-0.2, -0.15) is 5.10 Å². The van der Waals surface area contributed by atoms with E-state index in [1.807, 2.05) is 44.7 Å². The Morgan fingerprint density at radius 1 is 1.44 bits per heavy atom. The van der Waals surface area contributed by atoms with Gasteiger partial charge in [0.1, 0.15) is 12.4 Å². The van der Waals surface area contributed by atoms with Crippen LogP contribution in [0.25, 0.3) is 0 Å². The van der Waals surface area contributed by atoms with Crippen molar-refractivity contribution in [2.75, 3.05) is 7.05 Å². The fourth-order valence-corrected chi connectivity index (χ4v) is 2.07. The molecule has 0 aliphatic heterocycles. The Labute approximate surface area is 115 Å². The molecule has 0 aliphatic carbocycles. The minimum atomic E-state index is 0.536. The van der Waals surface area contributed by atoms with Crippen LogP contribution in [0.4, 0.5) is 0 Å². The first kappa shape index (κ1) is 13.1. The van der Waals surface area contributed by atoms with Crippen LogP contribution in [0.2, 0.25) is 0 Å². The van der Waals surface area contributed by atoms with E-state index in [1.54, 1.807) is 4.68 Å². The summed E-state index contributed by atoms with van der Waals surface area (Å²) in [5, 5.41) is 7.24. The van der Waals surface area contributed by atoms with Crippen LogP contribution in [0.15, 0.2) is 35.1 Å². The molecule has 0 radical (unpaired) electrons. The number of rotatable bonds is 5. The number of hydrogen-bond acceptors (Lipinski definition) is 3. The van der Waals surface area contributed by atoms with E-state index in [9.17, 15) is 0 Å². The SMILES string of the molecule is CNCc1cc(OCc2cnn(C)c2)ccc1Br. The zero-order valence-electron chi connectivity index (χ0n) is 10.5. The van der Waals surface area contributed by atoms with Gasteiger partial charge in [-0.1, -0.05) is 15.9 Å². The number of aryl methyl sites for hydroxylation is 1. The summed E-state index contributed by atoms with van der Waals surface area (Å²) < 4.78 is 8.60. The number of benzene rings is 1. The quantitative estimate of drug-likeness (QED) is 0.922. The van der Waals surface area contributed by atoms with Gasteiger partial charge in [-0.05, 0) is 30.8 Å². The summed E-state index contributed by atoms with van der Waals surface area (Å²) in [6, 6.07) is 6.00. The smallest absolute Gasteiger partial charge is 0.120 e. The molecule has 0 saturated heterocycles. The number of nitrogens with one attached hydrogen (secondary N) is 1. The molecule has 0 spiro atoms. The van der Waals surface area contributed by atoms with Crippen molar-refractivity contribution in [2.45, 2.75) is 13.2 Å². The van der Waals surface area contributed by atoms with E-state index in [4.69, 9.17) is 4.74 Å². The molecule has 0 saturated carbocycles. The second-order valence-corrected chi connectivity index (χ2v) is 4.95. The van der Waals surface area contributed by atoms with Crippen molar-refractivity contribution >= 4 is 15.9 Å². The Balaban J connectivity index is 2.03. The fourth-order valence-electron chi connectivity index (χ4n) is 1.68. The van der Waals surface area contributed by atoms with Crippen LogP contribution in [0.3, 0.4) is 0 Å². The molecule has 1 N–H and O–H groups in total. The normalized spacial score (nSPS) is 10.6. The van der Waals surface area contributed by atoms with Crippen LogP contribution >= 0.6 is 15.9 Å². The topological polar surface area (TPSA) is 39.1 Å². The molecule has 5 heteroatoms. The highest BCUT2D eigenvalue weighted by atomic mass is 79.9. The summed E-state index contributed by atoms with van der Waals surface area (Å²) in [6.45, 7) is 1.35. The largest absolute Gasteiger partial charge is 0.489 e. The third-order valence-corrected chi connectivity index (χ3v) is 3.32. The summed E-state index contributed by atoms with van der Waals surface area (Å²) in [6.07, 6.45) is 3.76. The molecule has 0 atom stereocenters. The number of hydrogen-bond donors (Lipinski definition) is 1. The summed E-state index contributed by atoms with van der Waals surface area (Å²) in [5.74, 6) is 0.868. The van der Waals surface area contributed by atoms with E-state index in [1.165, 1.54) is 5.56 Å². The third kappa shape index (κ3) is 3.34. The fraction of sp³-hybridized carbons (Fsp3) is 0.308. The first-order valence-corrected chi connectivity index (χ1v) is 6.51. The molecule has 2 rings (SSSR count). The Morgan fingerprint density at radius 2 is 2.28 bits per heavy atom. The van der Waals surface area contributed by atoms with Gasteiger partial charge >= 0.3 is 0 Å². The zero-order chi connectivity index (χ0) is 13.0. The van der Waals surface area contributed by atoms with Crippen molar-refractivity contribution in [1.82, 2.24) is 15.1 Å². The zero-order valence-corrected chi connectivity index (χ0v) is 12.1. The van der Waals surface area contributed by atoms with E-state index in [0.29, 0.717) is 6.61 Å². The van der Waals surface area contributed by atoms with Gasteiger partial charge in [0.2, 0.25) is 0 Å². The lowest BCUT2D eigenvalue weighted by Crippen LogP contribution is -2.06. The maximum absolute atomic E-state index is 5.75. The van der Waals surface area contributed by atoms with Crippen LogP contribution in [-0.2, 0) is 20.2 Å². The second-order valence-electron chi connectivity index (χ2n) is 4.09. The maximum atomic E-state index is 5.75. The second kappa shape index (κ2) is 6.02. The van der Waals surface area contributed by atoms with Crippen molar-refractivity contribution < 1.29 is 4.74 Å². The van der Waals surface area contributed by atoms with Crippen LogP contribution < -0.4 is 10.1 Å². The molecule has 1 aromatic heterocycles. The highest BCUT2D eigenvalue weighted by Crippen LogP contribution is 2.23. The van der Waals surface area contributed by atoms with Gasteiger partial charge in [-0.25, -0.2) is 0 Å². The molecule has 1 aromatic carbocycles. The number of ether oxygens (including phenoxy) is 1. The third-order valence-electron chi connectivity index (χ3n) is 2.55. The van der Waals surface area contributed by atoms with Crippen LogP contribution in [0.1, 0.15) is 11.1 Å². The lowest BCUT2D eigenvalue weighted by atomic mass is 10.2. The molecule has 0 unspecified atom stereocenters.